The highest BCUT2D eigenvalue weighted by molar-refractivity contribution is 6.56. The summed E-state index contributed by atoms with van der Waals surface area (Å²) in [5.74, 6) is -0.611. The average Bonchev–Trinajstić information content (AvgIpc) is 2.18. The Balaban J connectivity index is 2.74. The maximum absolute atomic E-state index is 12.5. The van der Waals surface area contributed by atoms with E-state index in [4.69, 9.17) is 23.2 Å². The fourth-order valence-corrected chi connectivity index (χ4v) is 1.06. The lowest BCUT2D eigenvalue weighted by atomic mass is 10.1. The summed E-state index contributed by atoms with van der Waals surface area (Å²) in [6, 6.07) is 5.28. The first kappa shape index (κ1) is 12.0. The second kappa shape index (κ2) is 5.69. The number of benzene rings is 1. The lowest BCUT2D eigenvalue weighted by Gasteiger charge is -1.93. The van der Waals surface area contributed by atoms with E-state index >= 15 is 0 Å². The topological polar surface area (TPSA) is 17.1 Å². The molecule has 1 aromatic rings. The van der Waals surface area contributed by atoms with Crippen molar-refractivity contribution in [1.82, 2.24) is 0 Å². The van der Waals surface area contributed by atoms with Crippen molar-refractivity contribution < 1.29 is 9.18 Å². The molecule has 15 heavy (non-hydrogen) atoms. The van der Waals surface area contributed by atoms with Gasteiger partial charge in [-0.05, 0) is 36.4 Å². The summed E-state index contributed by atoms with van der Waals surface area (Å²) in [6.07, 6.45) is 4.11. The molecule has 1 nitrogen and oxygen atoms in total. The lowest BCUT2D eigenvalue weighted by Crippen LogP contribution is -1.93. The largest absolute Gasteiger partial charge is 0.289 e. The molecule has 0 aliphatic heterocycles. The van der Waals surface area contributed by atoms with Crippen LogP contribution < -0.4 is 0 Å². The predicted molar refractivity (Wildman–Crippen MR) is 59.7 cm³/mol. The first-order valence-corrected chi connectivity index (χ1v) is 4.84. The molecule has 78 valence electrons. The van der Waals surface area contributed by atoms with Gasteiger partial charge < -0.3 is 0 Å². The zero-order chi connectivity index (χ0) is 11.3. The van der Waals surface area contributed by atoms with E-state index in [-0.39, 0.29) is 16.1 Å². The summed E-state index contributed by atoms with van der Waals surface area (Å²) in [4.78, 5) is 11.4. The van der Waals surface area contributed by atoms with Crippen molar-refractivity contribution in [1.29, 1.82) is 0 Å². The molecule has 0 saturated carbocycles. The maximum Gasteiger partial charge on any atom is 0.185 e. The minimum Gasteiger partial charge on any atom is -0.289 e. The van der Waals surface area contributed by atoms with Crippen LogP contribution in [0.5, 0.6) is 0 Å². The SMILES string of the molecule is O=C(C=CC=C(Cl)Cl)c1ccc(F)cc1. The van der Waals surface area contributed by atoms with E-state index in [2.05, 4.69) is 0 Å². The van der Waals surface area contributed by atoms with E-state index in [1.807, 2.05) is 0 Å². The first-order chi connectivity index (χ1) is 7.09. The highest BCUT2D eigenvalue weighted by Crippen LogP contribution is 2.07. The summed E-state index contributed by atoms with van der Waals surface area (Å²) in [5.41, 5.74) is 0.409. The molecule has 0 N–H and O–H groups in total. The van der Waals surface area contributed by atoms with Gasteiger partial charge in [-0.15, -0.1) is 0 Å². The predicted octanol–water partition coefficient (Wildman–Crippen LogP) is 3.88. The fourth-order valence-electron chi connectivity index (χ4n) is 0.919. The van der Waals surface area contributed by atoms with Gasteiger partial charge in [0.25, 0.3) is 0 Å². The van der Waals surface area contributed by atoms with Gasteiger partial charge in [0, 0.05) is 5.56 Å². The summed E-state index contributed by atoms with van der Waals surface area (Å²) >= 11 is 10.7. The number of carbonyl (C=O) groups is 1. The molecule has 0 aliphatic rings. The Morgan fingerprint density at radius 3 is 2.33 bits per heavy atom. The highest BCUT2D eigenvalue weighted by atomic mass is 35.5. The Morgan fingerprint density at radius 2 is 1.80 bits per heavy atom. The first-order valence-electron chi connectivity index (χ1n) is 4.09. The monoisotopic (exact) mass is 244 g/mol. The molecule has 0 aromatic heterocycles. The van der Waals surface area contributed by atoms with Crippen molar-refractivity contribution in [2.24, 2.45) is 0 Å². The molecule has 0 atom stereocenters. The Kier molecular flexibility index (Phi) is 4.53. The van der Waals surface area contributed by atoms with Crippen molar-refractivity contribution in [2.75, 3.05) is 0 Å². The maximum atomic E-state index is 12.5. The van der Waals surface area contributed by atoms with Crippen molar-refractivity contribution >= 4 is 29.0 Å². The van der Waals surface area contributed by atoms with Gasteiger partial charge in [0.15, 0.2) is 5.78 Å². The zero-order valence-corrected chi connectivity index (χ0v) is 9.10. The number of carbonyl (C=O) groups excluding carboxylic acids is 1. The Labute approximate surface area is 96.8 Å². The van der Waals surface area contributed by atoms with Crippen LogP contribution in [0.4, 0.5) is 4.39 Å². The van der Waals surface area contributed by atoms with E-state index in [0.29, 0.717) is 5.56 Å². The molecule has 0 fully saturated rings. The third-order valence-corrected chi connectivity index (χ3v) is 1.85. The summed E-state index contributed by atoms with van der Waals surface area (Å²) in [6.45, 7) is 0. The van der Waals surface area contributed by atoms with Gasteiger partial charge in [0.2, 0.25) is 0 Å². The van der Waals surface area contributed by atoms with Crippen LogP contribution in [0.1, 0.15) is 10.4 Å². The summed E-state index contributed by atoms with van der Waals surface area (Å²) in [5, 5.41) is 0. The molecular formula is C11H7Cl2FO. The fraction of sp³-hybridized carbons (Fsp3) is 0. The van der Waals surface area contributed by atoms with Crippen LogP contribution in [0.15, 0.2) is 47.0 Å². The third-order valence-electron chi connectivity index (χ3n) is 1.60. The van der Waals surface area contributed by atoms with Gasteiger partial charge in [-0.25, -0.2) is 4.39 Å². The molecule has 0 radical (unpaired) electrons. The minimum atomic E-state index is -0.376. The van der Waals surface area contributed by atoms with Crippen LogP contribution in [-0.4, -0.2) is 5.78 Å². The Hall–Kier alpha value is -1.12. The van der Waals surface area contributed by atoms with Gasteiger partial charge in [-0.2, -0.15) is 0 Å². The number of rotatable bonds is 3. The third kappa shape index (κ3) is 4.28. The quantitative estimate of drug-likeness (QED) is 0.448. The minimum absolute atomic E-state index is 0.0677. The van der Waals surface area contributed by atoms with Gasteiger partial charge in [-0.1, -0.05) is 29.3 Å². The number of allylic oxidation sites excluding steroid dienone is 3. The van der Waals surface area contributed by atoms with Crippen LogP contribution in [0.2, 0.25) is 0 Å². The van der Waals surface area contributed by atoms with Gasteiger partial charge in [0.1, 0.15) is 10.3 Å². The number of hydrogen-bond donors (Lipinski definition) is 0. The zero-order valence-electron chi connectivity index (χ0n) is 7.58. The van der Waals surface area contributed by atoms with Gasteiger partial charge >= 0.3 is 0 Å². The molecule has 0 amide bonds. The van der Waals surface area contributed by atoms with E-state index in [1.54, 1.807) is 0 Å². The Bertz CT molecular complexity index is 403. The van der Waals surface area contributed by atoms with Crippen LogP contribution in [0.3, 0.4) is 0 Å². The molecular weight excluding hydrogens is 238 g/mol. The van der Waals surface area contributed by atoms with Crippen molar-refractivity contribution in [2.45, 2.75) is 0 Å². The van der Waals surface area contributed by atoms with E-state index in [1.165, 1.54) is 42.5 Å². The lowest BCUT2D eigenvalue weighted by molar-refractivity contribution is 0.104. The number of ketones is 1. The van der Waals surface area contributed by atoms with Crippen LogP contribution in [0, 0.1) is 5.82 Å². The number of hydrogen-bond acceptors (Lipinski definition) is 1. The molecule has 0 bridgehead atoms. The van der Waals surface area contributed by atoms with Crippen molar-refractivity contribution in [3.05, 3.63) is 58.4 Å². The van der Waals surface area contributed by atoms with Gasteiger partial charge in [0.05, 0.1) is 0 Å². The molecule has 0 spiro atoms. The molecule has 0 heterocycles. The second-order valence-electron chi connectivity index (χ2n) is 2.69. The summed E-state index contributed by atoms with van der Waals surface area (Å²) in [7, 11) is 0. The van der Waals surface area contributed by atoms with E-state index < -0.39 is 0 Å². The van der Waals surface area contributed by atoms with Crippen molar-refractivity contribution in [3.63, 3.8) is 0 Å². The van der Waals surface area contributed by atoms with E-state index in [0.717, 1.165) is 0 Å². The standard InChI is InChI=1S/C11H7Cl2FO/c12-11(13)3-1-2-10(15)8-4-6-9(14)7-5-8/h1-7H. The normalized spacial score (nSPS) is 10.3. The van der Waals surface area contributed by atoms with Crippen LogP contribution >= 0.6 is 23.2 Å². The van der Waals surface area contributed by atoms with Gasteiger partial charge in [-0.3, -0.25) is 4.79 Å². The average molecular weight is 245 g/mol. The molecule has 4 heteroatoms. The van der Waals surface area contributed by atoms with E-state index in [9.17, 15) is 9.18 Å². The second-order valence-corrected chi connectivity index (χ2v) is 3.69. The van der Waals surface area contributed by atoms with Crippen LogP contribution in [-0.2, 0) is 0 Å². The molecule has 0 saturated heterocycles. The number of halogens is 3. The smallest absolute Gasteiger partial charge is 0.185 e. The highest BCUT2D eigenvalue weighted by Gasteiger charge is 2.00. The Morgan fingerprint density at radius 1 is 1.20 bits per heavy atom. The molecule has 0 aliphatic carbocycles. The van der Waals surface area contributed by atoms with Crippen LogP contribution in [0.25, 0.3) is 0 Å². The molecule has 0 unspecified atom stereocenters. The molecule has 1 rings (SSSR count). The van der Waals surface area contributed by atoms with Crippen molar-refractivity contribution in [3.8, 4) is 0 Å². The summed E-state index contributed by atoms with van der Waals surface area (Å²) < 4.78 is 12.6. The molecule has 1 aromatic carbocycles.